The summed E-state index contributed by atoms with van der Waals surface area (Å²) in [5, 5.41) is 12.7. The molecule has 368 valence electrons. The van der Waals surface area contributed by atoms with Crippen molar-refractivity contribution in [1.82, 2.24) is 0 Å². The molecule has 2 heteroatoms. The lowest BCUT2D eigenvalue weighted by Gasteiger charge is -2.25. The van der Waals surface area contributed by atoms with E-state index in [0.29, 0.717) is 17.4 Å². The highest BCUT2D eigenvalue weighted by molar-refractivity contribution is 6.41. The third kappa shape index (κ3) is 5.77. The van der Waals surface area contributed by atoms with Gasteiger partial charge in [-0.3, -0.25) is 0 Å². The van der Waals surface area contributed by atoms with Gasteiger partial charge in [-0.05, 0) is 230 Å². The molecule has 0 radical (unpaired) electrons. The van der Waals surface area contributed by atoms with Crippen LogP contribution >= 0.6 is 0 Å². The Morgan fingerprint density at radius 2 is 0.859 bits per heavy atom. The Balaban J connectivity index is 0.927. The van der Waals surface area contributed by atoms with Crippen LogP contribution in [0.4, 0.5) is 8.78 Å². The second-order valence-electron chi connectivity index (χ2n) is 23.1. The van der Waals surface area contributed by atoms with Crippen molar-refractivity contribution in [2.24, 2.45) is 0 Å². The fourth-order valence-electron chi connectivity index (χ4n) is 15.3. The van der Waals surface area contributed by atoms with E-state index in [2.05, 4.69) is 204 Å². The molecule has 1 unspecified atom stereocenters. The molecule has 0 saturated carbocycles. The molecule has 78 heavy (non-hydrogen) atoms. The Bertz CT molecular complexity index is 4810. The Kier molecular flexibility index (Phi) is 8.95. The minimum atomic E-state index is -0.577. The van der Waals surface area contributed by atoms with Crippen molar-refractivity contribution in [3.05, 3.63) is 234 Å². The van der Waals surface area contributed by atoms with Crippen LogP contribution in [0.25, 0.3) is 160 Å². The number of benzene rings is 13. The molecule has 13 aromatic rings. The second kappa shape index (κ2) is 15.8. The molecule has 0 fully saturated rings. The van der Waals surface area contributed by atoms with Gasteiger partial charge >= 0.3 is 0 Å². The van der Waals surface area contributed by atoms with Gasteiger partial charge < -0.3 is 0 Å². The van der Waals surface area contributed by atoms with Crippen molar-refractivity contribution < 1.29 is 8.78 Å². The summed E-state index contributed by atoms with van der Waals surface area (Å²) >= 11 is 0. The topological polar surface area (TPSA) is 0 Å². The summed E-state index contributed by atoms with van der Waals surface area (Å²) < 4.78 is 29.0. The van der Waals surface area contributed by atoms with Gasteiger partial charge in [-0.15, -0.1) is 0 Å². The summed E-state index contributed by atoms with van der Waals surface area (Å²) in [5.74, 6) is -0.101. The van der Waals surface area contributed by atoms with E-state index in [1.807, 2.05) is 6.07 Å². The number of rotatable bonds is 6. The van der Waals surface area contributed by atoms with E-state index in [1.165, 1.54) is 166 Å². The molecule has 0 bridgehead atoms. The minimum Gasteiger partial charge on any atom is -0.207 e. The van der Waals surface area contributed by atoms with Crippen LogP contribution < -0.4 is 0 Å². The second-order valence-corrected chi connectivity index (χ2v) is 23.1. The van der Waals surface area contributed by atoms with Gasteiger partial charge in [0, 0.05) is 12.0 Å². The van der Waals surface area contributed by atoms with Crippen LogP contribution in [0.3, 0.4) is 0 Å². The van der Waals surface area contributed by atoms with Crippen molar-refractivity contribution >= 4 is 59.9 Å². The molecule has 4 aliphatic carbocycles. The van der Waals surface area contributed by atoms with Gasteiger partial charge in [0.05, 0.1) is 0 Å². The maximum Gasteiger partial charge on any atom is 0.126 e. The van der Waals surface area contributed by atoms with Crippen LogP contribution in [-0.2, 0) is 0 Å². The molecule has 0 spiro atoms. The molecule has 0 aliphatic heterocycles. The standard InChI is InChI=1S/C76H50F2/c1-39(2)47-17-11-18-48(40(3)4)69(47)53-24-27-58-64-38-66-65(37-63(64)51-20-12-19-50(53)70(51)58)67(41-13-7-5-8-14-41)75-60-31-29-56-54-25-23-52-49-22-21-43(44-33-45(77)36-46(78)34-44)35-62(49)59-28-26-55(72(54)71(52)59)57-30-32-61(74(60)73(56)57)76(75)68(66)42-15-9-6-10-16-42/h5-19,21-40,51H,20H2,1-4H3. The molecule has 0 amide bonds. The zero-order valence-electron chi connectivity index (χ0n) is 43.7. The van der Waals surface area contributed by atoms with Crippen LogP contribution in [0.5, 0.6) is 0 Å². The molecule has 0 heterocycles. The van der Waals surface area contributed by atoms with Gasteiger partial charge in [-0.25, -0.2) is 8.78 Å². The molecular formula is C76H50F2. The average molecular weight is 1000 g/mol. The van der Waals surface area contributed by atoms with E-state index >= 15 is 0 Å². The van der Waals surface area contributed by atoms with Crippen LogP contribution in [0.1, 0.15) is 79.7 Å². The fraction of sp³-hybridized carbons (Fsp3) is 0.105. The predicted octanol–water partition coefficient (Wildman–Crippen LogP) is 21.9. The van der Waals surface area contributed by atoms with Crippen molar-refractivity contribution in [2.45, 2.75) is 51.9 Å². The van der Waals surface area contributed by atoms with Gasteiger partial charge in [0.15, 0.2) is 0 Å². The van der Waals surface area contributed by atoms with Crippen molar-refractivity contribution in [3.8, 4) is 100 Å². The van der Waals surface area contributed by atoms with Crippen molar-refractivity contribution in [1.29, 1.82) is 0 Å². The maximum absolute atomic E-state index is 14.5. The smallest absolute Gasteiger partial charge is 0.126 e. The van der Waals surface area contributed by atoms with Gasteiger partial charge in [0.2, 0.25) is 0 Å². The third-order valence-electron chi connectivity index (χ3n) is 18.4. The predicted molar refractivity (Wildman–Crippen MR) is 325 cm³/mol. The van der Waals surface area contributed by atoms with E-state index in [0.717, 1.165) is 34.7 Å². The van der Waals surface area contributed by atoms with Crippen molar-refractivity contribution in [2.75, 3.05) is 0 Å². The summed E-state index contributed by atoms with van der Waals surface area (Å²) in [6, 6.07) is 68.3. The van der Waals surface area contributed by atoms with Crippen LogP contribution in [-0.4, -0.2) is 0 Å². The fourth-order valence-corrected chi connectivity index (χ4v) is 15.3. The lowest BCUT2D eigenvalue weighted by atomic mass is 9.78. The van der Waals surface area contributed by atoms with Gasteiger partial charge in [0.25, 0.3) is 0 Å². The highest BCUT2D eigenvalue weighted by Gasteiger charge is 2.38. The zero-order chi connectivity index (χ0) is 52.0. The Hall–Kier alpha value is -8.98. The quantitative estimate of drug-likeness (QED) is 0.115. The maximum atomic E-state index is 14.5. The first-order chi connectivity index (χ1) is 38.2. The summed E-state index contributed by atoms with van der Waals surface area (Å²) in [4.78, 5) is 0. The van der Waals surface area contributed by atoms with E-state index in [4.69, 9.17) is 0 Å². The largest absolute Gasteiger partial charge is 0.207 e. The molecule has 0 saturated heterocycles. The number of allylic oxidation sites excluding steroid dienone is 1. The third-order valence-corrected chi connectivity index (χ3v) is 18.4. The first-order valence-corrected chi connectivity index (χ1v) is 27.8. The Morgan fingerprint density at radius 3 is 1.45 bits per heavy atom. The number of hydrogen-bond donors (Lipinski definition) is 0. The van der Waals surface area contributed by atoms with E-state index in [9.17, 15) is 8.78 Å². The minimum absolute atomic E-state index is 0.251. The van der Waals surface area contributed by atoms with E-state index in [-0.39, 0.29) is 5.92 Å². The lowest BCUT2D eigenvalue weighted by Crippen LogP contribution is -2.06. The van der Waals surface area contributed by atoms with Crippen molar-refractivity contribution in [3.63, 3.8) is 0 Å². The van der Waals surface area contributed by atoms with Gasteiger partial charge in [0.1, 0.15) is 11.6 Å². The zero-order valence-corrected chi connectivity index (χ0v) is 43.7. The first-order valence-electron chi connectivity index (χ1n) is 27.8. The highest BCUT2D eigenvalue weighted by atomic mass is 19.1. The monoisotopic (exact) mass is 1000 g/mol. The van der Waals surface area contributed by atoms with Gasteiger partial charge in [-0.1, -0.05) is 192 Å². The summed E-state index contributed by atoms with van der Waals surface area (Å²) in [6.45, 7) is 9.34. The molecule has 0 nitrogen and oxygen atoms in total. The molecule has 17 rings (SSSR count). The molecule has 4 aliphatic rings. The average Bonchev–Trinajstić information content (AvgIpc) is 3.22. The number of halogens is 2. The lowest BCUT2D eigenvalue weighted by molar-refractivity contribution is 0.584. The first kappa shape index (κ1) is 44.2. The normalized spacial score (nSPS) is 14.3. The SMILES string of the molecule is CC(C)c1cccc(C(C)C)c1-c1ccc2c3c1C=CCC3c1cc3c(-c4ccccc4)c4c(c(-c5ccccc5)c3cc1-2)-c1ccc2c3ccc5c6c(ccc(c7ccc-4c1c27)c63)-c1ccc(-c2cc(F)cc(F)c2)cc1-5. The Morgan fingerprint density at radius 1 is 0.346 bits per heavy atom. The molecular weight excluding hydrogens is 951 g/mol. The summed E-state index contributed by atoms with van der Waals surface area (Å²) in [7, 11) is 0. The summed E-state index contributed by atoms with van der Waals surface area (Å²) in [6.07, 6.45) is 5.85. The van der Waals surface area contributed by atoms with E-state index in [1.54, 1.807) is 0 Å². The van der Waals surface area contributed by atoms with Gasteiger partial charge in [-0.2, -0.15) is 0 Å². The highest BCUT2D eigenvalue weighted by Crippen LogP contribution is 2.63. The van der Waals surface area contributed by atoms with E-state index < -0.39 is 11.6 Å². The summed E-state index contributed by atoms with van der Waals surface area (Å²) in [5.41, 5.74) is 28.7. The molecule has 13 aromatic carbocycles. The number of hydrogen-bond acceptors (Lipinski definition) is 0. The van der Waals surface area contributed by atoms with Crippen LogP contribution in [0.2, 0.25) is 0 Å². The number of fused-ring (bicyclic) bond motifs is 12. The Labute approximate surface area is 451 Å². The molecule has 0 aromatic heterocycles. The molecule has 1 atom stereocenters. The molecule has 0 N–H and O–H groups in total. The van der Waals surface area contributed by atoms with Crippen LogP contribution in [0.15, 0.2) is 194 Å². The van der Waals surface area contributed by atoms with Crippen LogP contribution in [0, 0.1) is 11.6 Å².